The van der Waals surface area contributed by atoms with Crippen molar-refractivity contribution in [3.8, 4) is 0 Å². The Labute approximate surface area is 180 Å². The van der Waals surface area contributed by atoms with Gasteiger partial charge in [0.05, 0.1) is 13.2 Å². The summed E-state index contributed by atoms with van der Waals surface area (Å²) in [6.45, 7) is 0.949. The highest BCUT2D eigenvalue weighted by atomic mass is 16.6. The molecule has 1 aromatic heterocycles. The van der Waals surface area contributed by atoms with Crippen molar-refractivity contribution in [2.75, 3.05) is 13.2 Å². The van der Waals surface area contributed by atoms with Crippen LogP contribution in [0, 0.1) is 0 Å². The monoisotopic (exact) mass is 422 g/mol. The van der Waals surface area contributed by atoms with E-state index >= 15 is 0 Å². The van der Waals surface area contributed by atoms with Gasteiger partial charge in [0.15, 0.2) is 0 Å². The van der Waals surface area contributed by atoms with E-state index in [1.807, 2.05) is 59.2 Å². The Morgan fingerprint density at radius 3 is 2.65 bits per heavy atom. The van der Waals surface area contributed by atoms with E-state index in [-0.39, 0.29) is 19.2 Å². The number of hydrogen-bond donors (Lipinski definition) is 2. The Balaban J connectivity index is 1.30. The fraction of sp³-hybridized carbons (Fsp3) is 0.333. The second kappa shape index (κ2) is 9.66. The summed E-state index contributed by atoms with van der Waals surface area (Å²) in [6, 6.07) is 17.6. The molecular formula is C24H26N2O5. The molecule has 0 aliphatic heterocycles. The lowest BCUT2D eigenvalue weighted by Gasteiger charge is -2.24. The Hall–Kier alpha value is -3.32. The van der Waals surface area contributed by atoms with Crippen LogP contribution in [0.3, 0.4) is 0 Å². The van der Waals surface area contributed by atoms with Crippen LogP contribution >= 0.6 is 0 Å². The molecule has 1 aliphatic carbocycles. The van der Waals surface area contributed by atoms with Crippen LogP contribution in [-0.2, 0) is 40.3 Å². The van der Waals surface area contributed by atoms with Crippen molar-refractivity contribution in [2.24, 2.45) is 0 Å². The average Bonchev–Trinajstić information content (AvgIpc) is 3.07. The van der Waals surface area contributed by atoms with Gasteiger partial charge in [-0.15, -0.1) is 0 Å². The SMILES string of the molecule is O=C(O)Cn1c2c(c3ccccc31)CC(NC(=O)OCCOCc1ccccc1)CC2. The zero-order valence-corrected chi connectivity index (χ0v) is 17.3. The molecule has 7 heteroatoms. The number of nitrogens with one attached hydrogen (secondary N) is 1. The standard InChI is InChI=1S/C24H26N2O5/c27-23(28)15-26-21-9-5-4-8-19(21)20-14-18(10-11-22(20)26)25-24(29)31-13-12-30-16-17-6-2-1-3-7-17/h1-9,18H,10-16H2,(H,25,29)(H,27,28). The van der Waals surface area contributed by atoms with Gasteiger partial charge in [0.1, 0.15) is 13.2 Å². The second-order valence-corrected chi connectivity index (χ2v) is 7.68. The zero-order valence-electron chi connectivity index (χ0n) is 17.3. The number of carbonyl (C=O) groups is 2. The van der Waals surface area contributed by atoms with Gasteiger partial charge < -0.3 is 24.5 Å². The third kappa shape index (κ3) is 5.06. The first-order valence-corrected chi connectivity index (χ1v) is 10.5. The van der Waals surface area contributed by atoms with Crippen molar-refractivity contribution in [1.82, 2.24) is 9.88 Å². The average molecular weight is 422 g/mol. The number of carboxylic acids is 1. The maximum absolute atomic E-state index is 12.2. The molecule has 2 N–H and O–H groups in total. The summed E-state index contributed by atoms with van der Waals surface area (Å²) in [5.41, 5.74) is 4.16. The highest BCUT2D eigenvalue weighted by Crippen LogP contribution is 2.32. The van der Waals surface area contributed by atoms with Gasteiger partial charge in [0, 0.05) is 22.6 Å². The highest BCUT2D eigenvalue weighted by Gasteiger charge is 2.27. The molecule has 1 aliphatic rings. The van der Waals surface area contributed by atoms with Crippen LogP contribution in [0.25, 0.3) is 10.9 Å². The number of aliphatic carboxylic acids is 1. The van der Waals surface area contributed by atoms with E-state index in [4.69, 9.17) is 9.47 Å². The third-order valence-electron chi connectivity index (χ3n) is 5.56. The van der Waals surface area contributed by atoms with Gasteiger partial charge >= 0.3 is 12.1 Å². The molecule has 31 heavy (non-hydrogen) atoms. The van der Waals surface area contributed by atoms with Crippen molar-refractivity contribution in [1.29, 1.82) is 0 Å². The third-order valence-corrected chi connectivity index (χ3v) is 5.56. The highest BCUT2D eigenvalue weighted by molar-refractivity contribution is 5.87. The van der Waals surface area contributed by atoms with Gasteiger partial charge in [0.25, 0.3) is 0 Å². The molecule has 0 bridgehead atoms. The van der Waals surface area contributed by atoms with Crippen LogP contribution < -0.4 is 5.32 Å². The summed E-state index contributed by atoms with van der Waals surface area (Å²) in [7, 11) is 0. The first kappa shape index (κ1) is 20.9. The van der Waals surface area contributed by atoms with Crippen LogP contribution in [0.1, 0.15) is 23.2 Å². The molecule has 1 heterocycles. The molecule has 1 unspecified atom stereocenters. The molecule has 0 spiro atoms. The molecule has 3 aromatic rings. The van der Waals surface area contributed by atoms with E-state index in [0.717, 1.165) is 34.1 Å². The number of hydrogen-bond acceptors (Lipinski definition) is 4. The molecule has 2 aromatic carbocycles. The maximum Gasteiger partial charge on any atom is 0.407 e. The second-order valence-electron chi connectivity index (χ2n) is 7.68. The lowest BCUT2D eigenvalue weighted by atomic mass is 9.91. The molecule has 0 radical (unpaired) electrons. The van der Waals surface area contributed by atoms with Crippen molar-refractivity contribution in [3.05, 3.63) is 71.4 Å². The Morgan fingerprint density at radius 2 is 1.84 bits per heavy atom. The molecule has 7 nitrogen and oxygen atoms in total. The summed E-state index contributed by atoms with van der Waals surface area (Å²) in [6.07, 6.45) is 1.65. The molecule has 4 rings (SSSR count). The topological polar surface area (TPSA) is 89.8 Å². The number of alkyl carbamates (subject to hydrolysis) is 1. The molecule has 162 valence electrons. The van der Waals surface area contributed by atoms with Gasteiger partial charge in [-0.25, -0.2) is 4.79 Å². The Bertz CT molecular complexity index is 1060. The van der Waals surface area contributed by atoms with E-state index in [9.17, 15) is 14.7 Å². The molecule has 0 fully saturated rings. The van der Waals surface area contributed by atoms with E-state index in [2.05, 4.69) is 5.32 Å². The molecular weight excluding hydrogens is 396 g/mol. The fourth-order valence-electron chi connectivity index (χ4n) is 4.21. The predicted molar refractivity (Wildman–Crippen MR) is 116 cm³/mol. The quantitative estimate of drug-likeness (QED) is 0.542. The fourth-order valence-corrected chi connectivity index (χ4v) is 4.21. The number of rotatable bonds is 8. The molecule has 1 atom stereocenters. The van der Waals surface area contributed by atoms with Crippen molar-refractivity contribution in [3.63, 3.8) is 0 Å². The van der Waals surface area contributed by atoms with Crippen molar-refractivity contribution >= 4 is 23.0 Å². The number of nitrogens with zero attached hydrogens (tertiary/aromatic N) is 1. The first-order valence-electron chi connectivity index (χ1n) is 10.5. The van der Waals surface area contributed by atoms with Gasteiger partial charge in [-0.05, 0) is 36.5 Å². The minimum absolute atomic E-state index is 0.0469. The minimum atomic E-state index is -0.859. The summed E-state index contributed by atoms with van der Waals surface area (Å²) < 4.78 is 12.7. The number of benzene rings is 2. The summed E-state index contributed by atoms with van der Waals surface area (Å²) in [5.74, 6) is -0.859. The normalized spacial score (nSPS) is 15.4. The minimum Gasteiger partial charge on any atom is -0.480 e. The number of carbonyl (C=O) groups excluding carboxylic acids is 1. The summed E-state index contributed by atoms with van der Waals surface area (Å²) >= 11 is 0. The lowest BCUT2D eigenvalue weighted by Crippen LogP contribution is -2.39. The predicted octanol–water partition coefficient (Wildman–Crippen LogP) is 3.53. The van der Waals surface area contributed by atoms with Crippen LogP contribution in [0.4, 0.5) is 4.79 Å². The molecule has 1 amide bonds. The van der Waals surface area contributed by atoms with Crippen molar-refractivity contribution < 1.29 is 24.2 Å². The molecule has 0 saturated heterocycles. The van der Waals surface area contributed by atoms with E-state index in [0.29, 0.717) is 26.1 Å². The van der Waals surface area contributed by atoms with Crippen molar-refractivity contribution in [2.45, 2.75) is 38.5 Å². The maximum atomic E-state index is 12.2. The summed E-state index contributed by atoms with van der Waals surface area (Å²) in [4.78, 5) is 23.5. The Morgan fingerprint density at radius 1 is 1.06 bits per heavy atom. The first-order chi connectivity index (χ1) is 15.1. The van der Waals surface area contributed by atoms with E-state index < -0.39 is 12.1 Å². The van der Waals surface area contributed by atoms with Gasteiger partial charge in [0.2, 0.25) is 0 Å². The smallest absolute Gasteiger partial charge is 0.407 e. The number of amides is 1. The number of fused-ring (bicyclic) bond motifs is 3. The lowest BCUT2D eigenvalue weighted by molar-refractivity contribution is -0.137. The van der Waals surface area contributed by atoms with Crippen LogP contribution in [0.5, 0.6) is 0 Å². The van der Waals surface area contributed by atoms with Gasteiger partial charge in [-0.3, -0.25) is 4.79 Å². The van der Waals surface area contributed by atoms with Crippen LogP contribution in [0.15, 0.2) is 54.6 Å². The Kier molecular flexibility index (Phi) is 6.52. The van der Waals surface area contributed by atoms with E-state index in [1.165, 1.54) is 0 Å². The number of ether oxygens (including phenoxy) is 2. The number of carboxylic acid groups (broad SMARTS) is 1. The number of aromatic nitrogens is 1. The van der Waals surface area contributed by atoms with Crippen LogP contribution in [-0.4, -0.2) is 41.0 Å². The van der Waals surface area contributed by atoms with Gasteiger partial charge in [-0.2, -0.15) is 0 Å². The molecule has 0 saturated carbocycles. The number of para-hydroxylation sites is 1. The largest absolute Gasteiger partial charge is 0.480 e. The van der Waals surface area contributed by atoms with Crippen LogP contribution in [0.2, 0.25) is 0 Å². The zero-order chi connectivity index (χ0) is 21.6. The van der Waals surface area contributed by atoms with E-state index in [1.54, 1.807) is 0 Å². The van der Waals surface area contributed by atoms with Gasteiger partial charge in [-0.1, -0.05) is 48.5 Å². The summed E-state index contributed by atoms with van der Waals surface area (Å²) in [5, 5.41) is 13.3.